The molecule has 2 rings (SSSR count). The van der Waals surface area contributed by atoms with E-state index in [1.54, 1.807) is 0 Å². The van der Waals surface area contributed by atoms with Crippen molar-refractivity contribution in [1.82, 2.24) is 10.6 Å². The first-order valence-corrected chi connectivity index (χ1v) is 7.44. The Hall–Kier alpha value is -1.75. The summed E-state index contributed by atoms with van der Waals surface area (Å²) in [5, 5.41) is 14.7. The number of rotatable bonds is 5. The summed E-state index contributed by atoms with van der Waals surface area (Å²) in [5.41, 5.74) is 1.21. The zero-order valence-corrected chi connectivity index (χ0v) is 12.4. The predicted octanol–water partition coefficient (Wildman–Crippen LogP) is 2.75. The molecule has 2 atom stereocenters. The smallest absolute Gasteiger partial charge is 0.315 e. The zero-order chi connectivity index (χ0) is 15.2. The highest BCUT2D eigenvalue weighted by Gasteiger charge is 2.27. The molecule has 3 N–H and O–H groups in total. The van der Waals surface area contributed by atoms with E-state index in [1.807, 2.05) is 18.2 Å². The molecule has 0 bridgehead atoms. The highest BCUT2D eigenvalue weighted by Crippen LogP contribution is 2.35. The molecule has 0 spiro atoms. The summed E-state index contributed by atoms with van der Waals surface area (Å²) in [5.74, 6) is -0.509. The number of carboxylic acids is 1. The fraction of sp³-hybridized carbons (Fsp3) is 0.467. The van der Waals surface area contributed by atoms with Crippen molar-refractivity contribution in [2.75, 3.05) is 6.54 Å². The van der Waals surface area contributed by atoms with E-state index < -0.39 is 5.97 Å². The molecule has 0 aliphatic heterocycles. The lowest BCUT2D eigenvalue weighted by atomic mass is 9.97. The third-order valence-electron chi connectivity index (χ3n) is 3.71. The van der Waals surface area contributed by atoms with Gasteiger partial charge in [0.05, 0.1) is 6.42 Å². The fourth-order valence-electron chi connectivity index (χ4n) is 2.70. The number of carboxylic acid groups (broad SMARTS) is 1. The van der Waals surface area contributed by atoms with Crippen LogP contribution >= 0.6 is 11.6 Å². The third kappa shape index (κ3) is 4.93. The minimum absolute atomic E-state index is 0.0662. The van der Waals surface area contributed by atoms with Gasteiger partial charge in [-0.2, -0.15) is 0 Å². The Balaban J connectivity index is 1.77. The molecule has 1 aliphatic carbocycles. The molecule has 0 radical (unpaired) electrons. The van der Waals surface area contributed by atoms with E-state index in [-0.39, 0.29) is 25.0 Å². The van der Waals surface area contributed by atoms with Crippen LogP contribution in [0.25, 0.3) is 0 Å². The molecule has 1 aromatic carbocycles. The summed E-state index contributed by atoms with van der Waals surface area (Å²) >= 11 is 6.00. The molecule has 1 aromatic rings. The lowest BCUT2D eigenvalue weighted by molar-refractivity contribution is -0.136. The highest BCUT2D eigenvalue weighted by atomic mass is 35.5. The van der Waals surface area contributed by atoms with Crippen molar-refractivity contribution in [3.8, 4) is 0 Å². The normalized spacial score (nSPS) is 21.0. The van der Waals surface area contributed by atoms with Gasteiger partial charge in [0.2, 0.25) is 0 Å². The molecule has 5 nitrogen and oxygen atoms in total. The monoisotopic (exact) mass is 310 g/mol. The third-order valence-corrected chi connectivity index (χ3v) is 3.95. The SMILES string of the molecule is O=C(O)CCNC(=O)NC1CCC(c2cccc(Cl)c2)C1. The summed E-state index contributed by atoms with van der Waals surface area (Å²) < 4.78 is 0. The van der Waals surface area contributed by atoms with E-state index in [9.17, 15) is 9.59 Å². The van der Waals surface area contributed by atoms with Crippen LogP contribution in [0.2, 0.25) is 5.02 Å². The van der Waals surface area contributed by atoms with Crippen LogP contribution in [0.1, 0.15) is 37.2 Å². The predicted molar refractivity (Wildman–Crippen MR) is 80.6 cm³/mol. The number of hydrogen-bond donors (Lipinski definition) is 3. The first kappa shape index (κ1) is 15.6. The zero-order valence-electron chi connectivity index (χ0n) is 11.6. The van der Waals surface area contributed by atoms with Crippen LogP contribution in [-0.4, -0.2) is 29.7 Å². The molecule has 6 heteroatoms. The standard InChI is InChI=1S/C15H19ClN2O3/c16-12-3-1-2-10(8-12)11-4-5-13(9-11)18-15(21)17-7-6-14(19)20/h1-3,8,11,13H,4-7,9H2,(H,19,20)(H2,17,18,21). The lowest BCUT2D eigenvalue weighted by Gasteiger charge is -2.14. The Labute approximate surface area is 128 Å². The number of nitrogens with one attached hydrogen (secondary N) is 2. The second-order valence-electron chi connectivity index (χ2n) is 5.31. The summed E-state index contributed by atoms with van der Waals surface area (Å²) in [7, 11) is 0. The first-order valence-electron chi connectivity index (χ1n) is 7.06. The average molecular weight is 311 g/mol. The van der Waals surface area contributed by atoms with Crippen LogP contribution in [0, 0.1) is 0 Å². The van der Waals surface area contributed by atoms with Gasteiger partial charge in [0, 0.05) is 17.6 Å². The van der Waals surface area contributed by atoms with Gasteiger partial charge in [-0.15, -0.1) is 0 Å². The number of carbonyl (C=O) groups excluding carboxylic acids is 1. The van der Waals surface area contributed by atoms with Gasteiger partial charge in [-0.3, -0.25) is 4.79 Å². The number of benzene rings is 1. The van der Waals surface area contributed by atoms with Gasteiger partial charge in [0.15, 0.2) is 0 Å². The molecule has 0 saturated heterocycles. The number of hydrogen-bond acceptors (Lipinski definition) is 2. The summed E-state index contributed by atoms with van der Waals surface area (Å²) in [6, 6.07) is 7.66. The maximum Gasteiger partial charge on any atom is 0.315 e. The summed E-state index contributed by atoms with van der Waals surface area (Å²) in [6.45, 7) is 0.144. The average Bonchev–Trinajstić information content (AvgIpc) is 2.86. The van der Waals surface area contributed by atoms with Crippen molar-refractivity contribution in [1.29, 1.82) is 0 Å². The fourth-order valence-corrected chi connectivity index (χ4v) is 2.89. The molecule has 0 aromatic heterocycles. The largest absolute Gasteiger partial charge is 0.481 e. The lowest BCUT2D eigenvalue weighted by Crippen LogP contribution is -2.41. The van der Waals surface area contributed by atoms with Crippen LogP contribution < -0.4 is 10.6 Å². The van der Waals surface area contributed by atoms with E-state index >= 15 is 0 Å². The minimum atomic E-state index is -0.919. The summed E-state index contributed by atoms with van der Waals surface area (Å²) in [4.78, 5) is 22.0. The van der Waals surface area contributed by atoms with Gasteiger partial charge < -0.3 is 15.7 Å². The Kier molecular flexibility index (Phi) is 5.44. The molecule has 2 unspecified atom stereocenters. The van der Waals surface area contributed by atoms with E-state index in [1.165, 1.54) is 5.56 Å². The molecule has 1 fully saturated rings. The molecule has 1 saturated carbocycles. The molecule has 0 heterocycles. The maximum absolute atomic E-state index is 11.6. The van der Waals surface area contributed by atoms with Crippen molar-refractivity contribution in [2.45, 2.75) is 37.6 Å². The Bertz CT molecular complexity index is 521. The number of aliphatic carboxylic acids is 1. The van der Waals surface area contributed by atoms with E-state index in [2.05, 4.69) is 16.7 Å². The van der Waals surface area contributed by atoms with Crippen LogP contribution in [0.4, 0.5) is 4.79 Å². The molecular weight excluding hydrogens is 292 g/mol. The van der Waals surface area contributed by atoms with Crippen molar-refractivity contribution >= 4 is 23.6 Å². The van der Waals surface area contributed by atoms with Crippen LogP contribution in [0.15, 0.2) is 24.3 Å². The van der Waals surface area contributed by atoms with Gasteiger partial charge in [-0.25, -0.2) is 4.79 Å². The van der Waals surface area contributed by atoms with Crippen molar-refractivity contribution in [3.05, 3.63) is 34.9 Å². The number of carbonyl (C=O) groups is 2. The second kappa shape index (κ2) is 7.31. The van der Waals surface area contributed by atoms with Crippen molar-refractivity contribution in [3.63, 3.8) is 0 Å². The van der Waals surface area contributed by atoms with Gasteiger partial charge >= 0.3 is 12.0 Å². The molecular formula is C15H19ClN2O3. The Morgan fingerprint density at radius 1 is 1.33 bits per heavy atom. The van der Waals surface area contributed by atoms with Gasteiger partial charge in [0.25, 0.3) is 0 Å². The van der Waals surface area contributed by atoms with Crippen molar-refractivity contribution in [2.24, 2.45) is 0 Å². The van der Waals surface area contributed by atoms with Crippen molar-refractivity contribution < 1.29 is 14.7 Å². The van der Waals surface area contributed by atoms with Gasteiger partial charge in [-0.05, 0) is 42.9 Å². The maximum atomic E-state index is 11.6. The van der Waals surface area contributed by atoms with Gasteiger partial charge in [-0.1, -0.05) is 23.7 Å². The van der Waals surface area contributed by atoms with E-state index in [0.717, 1.165) is 24.3 Å². The number of urea groups is 1. The van der Waals surface area contributed by atoms with E-state index in [0.29, 0.717) is 5.92 Å². The molecule has 1 aliphatic rings. The topological polar surface area (TPSA) is 78.4 Å². The minimum Gasteiger partial charge on any atom is -0.481 e. The van der Waals surface area contributed by atoms with E-state index in [4.69, 9.17) is 16.7 Å². The second-order valence-corrected chi connectivity index (χ2v) is 5.74. The highest BCUT2D eigenvalue weighted by molar-refractivity contribution is 6.30. The molecule has 21 heavy (non-hydrogen) atoms. The van der Waals surface area contributed by atoms with Crippen LogP contribution in [-0.2, 0) is 4.79 Å². The first-order chi connectivity index (χ1) is 10.0. The molecule has 114 valence electrons. The Morgan fingerprint density at radius 3 is 2.86 bits per heavy atom. The van der Waals surface area contributed by atoms with Gasteiger partial charge in [0.1, 0.15) is 0 Å². The van der Waals surface area contributed by atoms with Crippen LogP contribution in [0.3, 0.4) is 0 Å². The van der Waals surface area contributed by atoms with Crippen LogP contribution in [0.5, 0.6) is 0 Å². The summed E-state index contributed by atoms with van der Waals surface area (Å²) in [6.07, 6.45) is 2.75. The molecule has 2 amide bonds. The number of amides is 2. The Morgan fingerprint density at radius 2 is 2.14 bits per heavy atom. The number of halogens is 1. The quantitative estimate of drug-likeness (QED) is 0.782.